The number of carbonyl (C=O) groups excluding carboxylic acids is 1. The first kappa shape index (κ1) is 12.8. The second kappa shape index (κ2) is 5.70. The lowest BCUT2D eigenvalue weighted by atomic mass is 10.1. The minimum absolute atomic E-state index is 0.0275. The van der Waals surface area contributed by atoms with Crippen molar-refractivity contribution in [2.75, 3.05) is 20.6 Å². The van der Waals surface area contributed by atoms with Crippen LogP contribution in [0.15, 0.2) is 18.2 Å². The Kier molecular flexibility index (Phi) is 4.55. The van der Waals surface area contributed by atoms with Gasteiger partial charge in [-0.05, 0) is 31.8 Å². The van der Waals surface area contributed by atoms with Crippen LogP contribution in [0.3, 0.4) is 0 Å². The van der Waals surface area contributed by atoms with Crippen LogP contribution in [0, 0.1) is 11.6 Å². The lowest BCUT2D eigenvalue weighted by Gasteiger charge is -2.08. The summed E-state index contributed by atoms with van der Waals surface area (Å²) in [5.74, 6) is -1.76. The zero-order chi connectivity index (χ0) is 12.1. The average Bonchev–Trinajstić information content (AvgIpc) is 2.21. The van der Waals surface area contributed by atoms with Crippen LogP contribution in [0.1, 0.15) is 12.0 Å². The van der Waals surface area contributed by atoms with E-state index < -0.39 is 11.6 Å². The van der Waals surface area contributed by atoms with Gasteiger partial charge in [0.25, 0.3) is 0 Å². The van der Waals surface area contributed by atoms with Crippen molar-refractivity contribution in [1.82, 2.24) is 4.90 Å². The summed E-state index contributed by atoms with van der Waals surface area (Å²) in [5.41, 5.74) is 0.516. The molecule has 0 heterocycles. The van der Waals surface area contributed by atoms with Gasteiger partial charge in [-0.1, -0.05) is 6.07 Å². The maximum Gasteiger partial charge on any atom is 0.159 e. The summed E-state index contributed by atoms with van der Waals surface area (Å²) >= 11 is 0. The Bertz CT molecular complexity index is 377. The number of carbonyl (C=O) groups is 1. The molecule has 0 amide bonds. The standard InChI is InChI=1S/C12H15F2NO/c1-15(2)6-5-10(16)7-9-3-4-11(13)12(14)8-9/h3-4,8H,5-7H2,1-2H3. The normalized spacial score (nSPS) is 10.8. The smallest absolute Gasteiger partial charge is 0.159 e. The summed E-state index contributed by atoms with van der Waals surface area (Å²) in [6, 6.07) is 3.55. The highest BCUT2D eigenvalue weighted by molar-refractivity contribution is 5.81. The van der Waals surface area contributed by atoms with Gasteiger partial charge in [-0.25, -0.2) is 8.78 Å². The number of hydrogen-bond donors (Lipinski definition) is 0. The van der Waals surface area contributed by atoms with Crippen molar-refractivity contribution < 1.29 is 13.6 Å². The molecule has 2 nitrogen and oxygen atoms in total. The van der Waals surface area contributed by atoms with Gasteiger partial charge >= 0.3 is 0 Å². The first-order chi connectivity index (χ1) is 7.49. The third kappa shape index (κ3) is 4.06. The number of Topliss-reactive ketones (excluding diaryl/α,β-unsaturated/α-hetero) is 1. The second-order valence-corrected chi connectivity index (χ2v) is 4.02. The lowest BCUT2D eigenvalue weighted by Crippen LogP contribution is -2.17. The van der Waals surface area contributed by atoms with E-state index in [0.29, 0.717) is 18.5 Å². The molecule has 0 unspecified atom stereocenters. The Morgan fingerprint density at radius 3 is 2.50 bits per heavy atom. The van der Waals surface area contributed by atoms with Gasteiger partial charge in [-0.15, -0.1) is 0 Å². The van der Waals surface area contributed by atoms with E-state index in [4.69, 9.17) is 0 Å². The number of nitrogens with zero attached hydrogens (tertiary/aromatic N) is 1. The molecule has 0 saturated heterocycles. The molecule has 0 spiro atoms. The van der Waals surface area contributed by atoms with E-state index in [0.717, 1.165) is 12.1 Å². The van der Waals surface area contributed by atoms with Crippen molar-refractivity contribution in [3.63, 3.8) is 0 Å². The molecule has 0 radical (unpaired) electrons. The molecule has 0 saturated carbocycles. The Labute approximate surface area is 93.9 Å². The van der Waals surface area contributed by atoms with E-state index >= 15 is 0 Å². The van der Waals surface area contributed by atoms with Crippen molar-refractivity contribution in [3.8, 4) is 0 Å². The van der Waals surface area contributed by atoms with Gasteiger partial charge in [0.05, 0.1) is 0 Å². The summed E-state index contributed by atoms with van der Waals surface area (Å²) in [5, 5.41) is 0. The molecule has 0 atom stereocenters. The monoisotopic (exact) mass is 227 g/mol. The summed E-state index contributed by atoms with van der Waals surface area (Å²) in [7, 11) is 3.76. The molecule has 0 N–H and O–H groups in total. The molecule has 1 rings (SSSR count). The van der Waals surface area contributed by atoms with Crippen LogP contribution >= 0.6 is 0 Å². The van der Waals surface area contributed by atoms with Crippen LogP contribution in [0.2, 0.25) is 0 Å². The Morgan fingerprint density at radius 1 is 1.25 bits per heavy atom. The fourth-order valence-corrected chi connectivity index (χ4v) is 1.31. The predicted molar refractivity (Wildman–Crippen MR) is 58.2 cm³/mol. The topological polar surface area (TPSA) is 20.3 Å². The van der Waals surface area contributed by atoms with Gasteiger partial charge in [-0.2, -0.15) is 0 Å². The summed E-state index contributed by atoms with van der Waals surface area (Å²) < 4.78 is 25.5. The first-order valence-electron chi connectivity index (χ1n) is 5.09. The van der Waals surface area contributed by atoms with Crippen molar-refractivity contribution in [3.05, 3.63) is 35.4 Å². The minimum Gasteiger partial charge on any atom is -0.309 e. The summed E-state index contributed by atoms with van der Waals surface area (Å²) in [6.07, 6.45) is 0.580. The highest BCUT2D eigenvalue weighted by Crippen LogP contribution is 2.10. The Balaban J connectivity index is 2.53. The number of halogens is 2. The summed E-state index contributed by atoms with van der Waals surface area (Å²) in [4.78, 5) is 13.4. The van der Waals surface area contributed by atoms with E-state index in [9.17, 15) is 13.6 Å². The van der Waals surface area contributed by atoms with E-state index in [1.807, 2.05) is 19.0 Å². The van der Waals surface area contributed by atoms with Crippen molar-refractivity contribution in [2.24, 2.45) is 0 Å². The number of hydrogen-bond acceptors (Lipinski definition) is 2. The molecular weight excluding hydrogens is 212 g/mol. The molecule has 88 valence electrons. The van der Waals surface area contributed by atoms with Gasteiger partial charge in [-0.3, -0.25) is 4.79 Å². The molecule has 0 aromatic heterocycles. The van der Waals surface area contributed by atoms with Gasteiger partial charge < -0.3 is 4.90 Å². The number of ketones is 1. The molecule has 1 aromatic rings. The van der Waals surface area contributed by atoms with Gasteiger partial charge in [0.2, 0.25) is 0 Å². The van der Waals surface area contributed by atoms with Gasteiger partial charge in [0, 0.05) is 19.4 Å². The molecule has 0 aliphatic heterocycles. The predicted octanol–water partition coefficient (Wildman–Crippen LogP) is 2.03. The van der Waals surface area contributed by atoms with Crippen LogP contribution in [-0.2, 0) is 11.2 Å². The zero-order valence-corrected chi connectivity index (χ0v) is 9.46. The van der Waals surface area contributed by atoms with Crippen LogP contribution in [0.5, 0.6) is 0 Å². The number of rotatable bonds is 5. The molecule has 0 aliphatic rings. The first-order valence-corrected chi connectivity index (χ1v) is 5.09. The quantitative estimate of drug-likeness (QED) is 0.767. The van der Waals surface area contributed by atoms with Crippen LogP contribution in [0.4, 0.5) is 8.78 Å². The highest BCUT2D eigenvalue weighted by Gasteiger charge is 2.07. The Hall–Kier alpha value is -1.29. The fourth-order valence-electron chi connectivity index (χ4n) is 1.31. The third-order valence-electron chi connectivity index (χ3n) is 2.22. The largest absolute Gasteiger partial charge is 0.309 e. The Morgan fingerprint density at radius 2 is 1.94 bits per heavy atom. The van der Waals surface area contributed by atoms with Crippen LogP contribution < -0.4 is 0 Å². The van der Waals surface area contributed by atoms with Crippen LogP contribution in [0.25, 0.3) is 0 Å². The van der Waals surface area contributed by atoms with E-state index in [1.54, 1.807) is 0 Å². The molecule has 4 heteroatoms. The minimum atomic E-state index is -0.905. The maximum absolute atomic E-state index is 12.8. The second-order valence-electron chi connectivity index (χ2n) is 4.02. The van der Waals surface area contributed by atoms with E-state index in [-0.39, 0.29) is 12.2 Å². The SMILES string of the molecule is CN(C)CCC(=O)Cc1ccc(F)c(F)c1. The molecule has 0 fully saturated rings. The third-order valence-corrected chi connectivity index (χ3v) is 2.22. The lowest BCUT2D eigenvalue weighted by molar-refractivity contribution is -0.118. The van der Waals surface area contributed by atoms with Crippen molar-refractivity contribution in [1.29, 1.82) is 0 Å². The highest BCUT2D eigenvalue weighted by atomic mass is 19.2. The summed E-state index contributed by atoms with van der Waals surface area (Å²) in [6.45, 7) is 0.669. The van der Waals surface area contributed by atoms with Gasteiger partial charge in [0.1, 0.15) is 5.78 Å². The van der Waals surface area contributed by atoms with Gasteiger partial charge in [0.15, 0.2) is 11.6 Å². The van der Waals surface area contributed by atoms with E-state index in [2.05, 4.69) is 0 Å². The maximum atomic E-state index is 12.8. The van der Waals surface area contributed by atoms with Crippen molar-refractivity contribution >= 4 is 5.78 Å². The van der Waals surface area contributed by atoms with E-state index in [1.165, 1.54) is 6.07 Å². The molecule has 1 aromatic carbocycles. The molecular formula is C12H15F2NO. The van der Waals surface area contributed by atoms with Crippen LogP contribution in [-0.4, -0.2) is 31.3 Å². The van der Waals surface area contributed by atoms with Crippen molar-refractivity contribution in [2.45, 2.75) is 12.8 Å². The molecule has 0 bridgehead atoms. The molecule has 16 heavy (non-hydrogen) atoms. The fraction of sp³-hybridized carbons (Fsp3) is 0.417. The average molecular weight is 227 g/mol. The number of benzene rings is 1. The zero-order valence-electron chi connectivity index (χ0n) is 9.46. The molecule has 0 aliphatic carbocycles.